The zero-order valence-electron chi connectivity index (χ0n) is 16.4. The Hall–Kier alpha value is -2.39. The van der Waals surface area contributed by atoms with E-state index in [4.69, 9.17) is 21.5 Å². The Balaban J connectivity index is 0.00000101. The van der Waals surface area contributed by atoms with Gasteiger partial charge >= 0.3 is 6.18 Å². The lowest BCUT2D eigenvalue weighted by Gasteiger charge is -2.21. The third-order valence-electron chi connectivity index (χ3n) is 4.82. The number of carbonyl (C=O) groups is 1. The number of alkyl halides is 3. The molecule has 0 radical (unpaired) electrons. The summed E-state index contributed by atoms with van der Waals surface area (Å²) in [7, 11) is 0. The first kappa shape index (κ1) is 23.9. The van der Waals surface area contributed by atoms with Crippen molar-refractivity contribution in [2.45, 2.75) is 44.8 Å². The van der Waals surface area contributed by atoms with Gasteiger partial charge in [-0.2, -0.15) is 13.2 Å². The van der Waals surface area contributed by atoms with E-state index in [0.717, 1.165) is 12.8 Å². The van der Waals surface area contributed by atoms with Gasteiger partial charge in [0.25, 0.3) is 6.47 Å². The van der Waals surface area contributed by atoms with Crippen LogP contribution in [0.5, 0.6) is 0 Å². The zero-order valence-corrected chi connectivity index (χ0v) is 17.2. The Morgan fingerprint density at radius 2 is 2.00 bits per heavy atom. The molecule has 1 atom stereocenters. The summed E-state index contributed by atoms with van der Waals surface area (Å²) in [5.74, 6) is 0.419. The molecule has 1 aromatic carbocycles. The molecule has 1 aliphatic rings. The van der Waals surface area contributed by atoms with Crippen molar-refractivity contribution in [2.24, 2.45) is 5.92 Å². The normalized spacial score (nSPS) is 15.2. The summed E-state index contributed by atoms with van der Waals surface area (Å²) < 4.78 is 40.7. The summed E-state index contributed by atoms with van der Waals surface area (Å²) in [5, 5.41) is 13.3. The average molecular weight is 445 g/mol. The first-order valence-electron chi connectivity index (χ1n) is 9.52. The number of rotatable bonds is 6. The van der Waals surface area contributed by atoms with Gasteiger partial charge in [-0.1, -0.05) is 30.5 Å². The van der Waals surface area contributed by atoms with Gasteiger partial charge in [-0.25, -0.2) is 9.97 Å². The van der Waals surface area contributed by atoms with Crippen molar-refractivity contribution < 1.29 is 23.1 Å². The highest BCUT2D eigenvalue weighted by Crippen LogP contribution is 2.34. The highest BCUT2D eigenvalue weighted by atomic mass is 35.5. The van der Waals surface area contributed by atoms with Crippen LogP contribution in [0.1, 0.15) is 49.9 Å². The van der Waals surface area contributed by atoms with Crippen molar-refractivity contribution in [1.82, 2.24) is 15.3 Å². The van der Waals surface area contributed by atoms with Crippen LogP contribution >= 0.6 is 11.6 Å². The highest BCUT2D eigenvalue weighted by molar-refractivity contribution is 6.30. The molecule has 1 aromatic heterocycles. The number of benzene rings is 1. The number of hydrogen-bond acceptors (Lipinski definition) is 5. The fraction of sp³-hybridized carbons (Fsp3) is 0.450. The van der Waals surface area contributed by atoms with E-state index in [-0.39, 0.29) is 18.0 Å². The summed E-state index contributed by atoms with van der Waals surface area (Å²) in [4.78, 5) is 16.2. The van der Waals surface area contributed by atoms with E-state index >= 15 is 0 Å². The summed E-state index contributed by atoms with van der Waals surface area (Å²) in [6.07, 6.45) is 1.33. The molecule has 1 aliphatic carbocycles. The van der Waals surface area contributed by atoms with Crippen LogP contribution in [0.4, 0.5) is 24.8 Å². The molecule has 0 spiro atoms. The molecule has 0 aliphatic heterocycles. The van der Waals surface area contributed by atoms with Crippen LogP contribution in [0.25, 0.3) is 0 Å². The molecule has 6 nitrogen and oxygen atoms in total. The van der Waals surface area contributed by atoms with Gasteiger partial charge in [0, 0.05) is 28.5 Å². The summed E-state index contributed by atoms with van der Waals surface area (Å²) in [6, 6.07) is 6.16. The fourth-order valence-corrected chi connectivity index (χ4v) is 3.55. The third kappa shape index (κ3) is 7.14. The van der Waals surface area contributed by atoms with Gasteiger partial charge in [0.05, 0.1) is 0 Å². The number of hydrogen-bond donors (Lipinski definition) is 3. The Kier molecular flexibility index (Phi) is 8.86. The second-order valence-electron chi connectivity index (χ2n) is 7.02. The molecule has 1 heterocycles. The number of nitrogens with one attached hydrogen (secondary N) is 2. The zero-order chi connectivity index (χ0) is 22.1. The Morgan fingerprint density at radius 1 is 1.33 bits per heavy atom. The SMILES string of the molecule is CC(NCC1CCCC1)c1cnc(Nc2cccc(Cl)c2)nc1C(F)(F)F.O=CO. The van der Waals surface area contributed by atoms with Crippen LogP contribution in [-0.4, -0.2) is 28.1 Å². The lowest BCUT2D eigenvalue weighted by molar-refractivity contribution is -0.142. The maximum Gasteiger partial charge on any atom is 0.433 e. The molecule has 0 bridgehead atoms. The lowest BCUT2D eigenvalue weighted by atomic mass is 10.1. The average Bonchev–Trinajstić information content (AvgIpc) is 3.20. The molecule has 30 heavy (non-hydrogen) atoms. The van der Waals surface area contributed by atoms with Crippen molar-refractivity contribution in [3.05, 3.63) is 46.7 Å². The molecule has 1 unspecified atom stereocenters. The predicted octanol–water partition coefficient (Wildman–Crippen LogP) is 5.43. The number of anilines is 2. The Morgan fingerprint density at radius 3 is 2.60 bits per heavy atom. The van der Waals surface area contributed by atoms with Crippen LogP contribution in [0.3, 0.4) is 0 Å². The molecule has 164 valence electrons. The monoisotopic (exact) mass is 444 g/mol. The topological polar surface area (TPSA) is 87.1 Å². The van der Waals surface area contributed by atoms with Gasteiger partial charge in [-0.05, 0) is 50.4 Å². The van der Waals surface area contributed by atoms with Gasteiger partial charge in [-0.15, -0.1) is 0 Å². The van der Waals surface area contributed by atoms with Crippen molar-refractivity contribution in [3.8, 4) is 0 Å². The predicted molar refractivity (Wildman–Crippen MR) is 109 cm³/mol. The second-order valence-corrected chi connectivity index (χ2v) is 7.45. The van der Waals surface area contributed by atoms with E-state index in [1.165, 1.54) is 19.0 Å². The quantitative estimate of drug-likeness (QED) is 0.515. The highest BCUT2D eigenvalue weighted by Gasteiger charge is 2.37. The molecular weight excluding hydrogens is 421 g/mol. The van der Waals surface area contributed by atoms with Crippen LogP contribution < -0.4 is 10.6 Å². The molecule has 10 heteroatoms. The molecule has 2 aromatic rings. The minimum atomic E-state index is -4.56. The number of halogens is 4. The number of aromatic nitrogens is 2. The Bertz CT molecular complexity index is 830. The molecule has 1 fully saturated rings. The van der Waals surface area contributed by atoms with Gasteiger partial charge in [-0.3, -0.25) is 4.79 Å². The van der Waals surface area contributed by atoms with Crippen LogP contribution in [0, 0.1) is 5.92 Å². The standard InChI is InChI=1S/C19H22ClF3N4.CH2O2/c1-12(24-10-13-5-2-3-6-13)16-11-25-18(27-17(16)19(21,22)23)26-15-8-4-7-14(20)9-15;2-1-3/h4,7-9,11-13,24H,2-3,5-6,10H2,1H3,(H,25,26,27);1H,(H,2,3). The van der Waals surface area contributed by atoms with Crippen molar-refractivity contribution >= 4 is 29.7 Å². The largest absolute Gasteiger partial charge is 0.483 e. The van der Waals surface area contributed by atoms with E-state index < -0.39 is 17.9 Å². The van der Waals surface area contributed by atoms with Gasteiger partial charge < -0.3 is 15.7 Å². The minimum Gasteiger partial charge on any atom is -0.483 e. The second kappa shape index (κ2) is 11.1. The van der Waals surface area contributed by atoms with Gasteiger partial charge in [0.2, 0.25) is 5.95 Å². The van der Waals surface area contributed by atoms with E-state index in [0.29, 0.717) is 23.2 Å². The third-order valence-corrected chi connectivity index (χ3v) is 5.06. The van der Waals surface area contributed by atoms with E-state index in [1.54, 1.807) is 31.2 Å². The summed E-state index contributed by atoms with van der Waals surface area (Å²) in [6.45, 7) is 2.17. The maximum atomic E-state index is 13.6. The van der Waals surface area contributed by atoms with Gasteiger partial charge in [0.1, 0.15) is 0 Å². The molecular formula is C20H24ClF3N4O2. The summed E-state index contributed by atoms with van der Waals surface area (Å²) >= 11 is 5.90. The lowest BCUT2D eigenvalue weighted by Crippen LogP contribution is -2.27. The first-order valence-corrected chi connectivity index (χ1v) is 9.90. The van der Waals surface area contributed by atoms with Crippen LogP contribution in [0.15, 0.2) is 30.5 Å². The van der Waals surface area contributed by atoms with Gasteiger partial charge in [0.15, 0.2) is 5.69 Å². The number of nitrogens with zero attached hydrogens (tertiary/aromatic N) is 2. The minimum absolute atomic E-state index is 0.0529. The van der Waals surface area contributed by atoms with E-state index in [1.807, 2.05) is 0 Å². The first-order chi connectivity index (χ1) is 14.2. The van der Waals surface area contributed by atoms with E-state index in [2.05, 4.69) is 20.6 Å². The molecule has 1 saturated carbocycles. The molecule has 0 amide bonds. The van der Waals surface area contributed by atoms with E-state index in [9.17, 15) is 13.2 Å². The maximum absolute atomic E-state index is 13.6. The van der Waals surface area contributed by atoms with Crippen molar-refractivity contribution in [1.29, 1.82) is 0 Å². The van der Waals surface area contributed by atoms with Crippen LogP contribution in [0.2, 0.25) is 5.02 Å². The molecule has 3 rings (SSSR count). The molecule has 3 N–H and O–H groups in total. The molecule has 0 saturated heterocycles. The Labute approximate surface area is 177 Å². The summed E-state index contributed by atoms with van der Waals surface area (Å²) in [5.41, 5.74) is -0.346. The van der Waals surface area contributed by atoms with Crippen LogP contribution in [-0.2, 0) is 11.0 Å². The van der Waals surface area contributed by atoms with Crippen molar-refractivity contribution in [3.63, 3.8) is 0 Å². The fourth-order valence-electron chi connectivity index (χ4n) is 3.36. The number of carboxylic acid groups (broad SMARTS) is 1. The van der Waals surface area contributed by atoms with Crippen molar-refractivity contribution in [2.75, 3.05) is 11.9 Å². The smallest absolute Gasteiger partial charge is 0.433 e.